The molecular weight excluding hydrogens is 512 g/mol. The Morgan fingerprint density at radius 2 is 1.85 bits per heavy atom. The summed E-state index contributed by atoms with van der Waals surface area (Å²) >= 11 is 1.76. The average Bonchev–Trinajstić information content (AvgIpc) is 3.48. The van der Waals surface area contributed by atoms with E-state index in [1.807, 2.05) is 38.1 Å². The van der Waals surface area contributed by atoms with Gasteiger partial charge in [-0.15, -0.1) is 21.5 Å². The van der Waals surface area contributed by atoms with Gasteiger partial charge in [0.2, 0.25) is 0 Å². The molecule has 2 aliphatic rings. The maximum absolute atomic E-state index is 11.6. The number of fused-ring (bicyclic) bond motifs is 1. The number of phenolic OH excluding ortho intramolecular Hbond substituents is 1. The van der Waals surface area contributed by atoms with Crippen molar-refractivity contribution < 1.29 is 19.5 Å². The molecule has 1 unspecified atom stereocenters. The molecule has 1 aliphatic carbocycles. The fraction of sp³-hybridized carbons (Fsp3) is 0.467. The van der Waals surface area contributed by atoms with Crippen molar-refractivity contribution in [1.29, 1.82) is 0 Å². The van der Waals surface area contributed by atoms with Crippen molar-refractivity contribution in [2.75, 3.05) is 13.1 Å². The van der Waals surface area contributed by atoms with E-state index in [0.717, 1.165) is 54.7 Å². The standard InChI is InChI=1S/C30H34N4O4S/c1-16(2)27(30(36)37)26-15-23(33-38-26)19-12-20(13-19)34-10-8-18(9-11-34)28-17(3)22-14-24(31-32-29(22)39-28)21-6-4-5-7-25(21)35/h4-7,14-16,18-20,27,35H,8-13H2,1-3H3,(H,36,37). The second kappa shape index (κ2) is 10.4. The fourth-order valence-corrected chi connectivity index (χ4v) is 7.56. The van der Waals surface area contributed by atoms with Crippen molar-refractivity contribution in [2.24, 2.45) is 5.92 Å². The van der Waals surface area contributed by atoms with E-state index in [1.165, 1.54) is 10.4 Å². The fourth-order valence-electron chi connectivity index (χ4n) is 6.28. The number of carboxylic acids is 1. The van der Waals surface area contributed by atoms with Crippen LogP contribution in [0.2, 0.25) is 0 Å². The highest BCUT2D eigenvalue weighted by molar-refractivity contribution is 7.18. The van der Waals surface area contributed by atoms with E-state index >= 15 is 0 Å². The first-order valence-corrected chi connectivity index (χ1v) is 14.6. The number of likely N-dealkylation sites (tertiary alicyclic amines) is 1. The number of hydrogen-bond acceptors (Lipinski definition) is 8. The Morgan fingerprint density at radius 1 is 1.10 bits per heavy atom. The largest absolute Gasteiger partial charge is 0.507 e. The molecular formula is C30H34N4O4S. The SMILES string of the molecule is Cc1c(C2CCN(C3CC(c4cc(C(C(=O)O)C(C)C)on4)C3)CC2)sc2nnc(-c3ccccc3O)cc12. The number of aryl methyl sites for hydroxylation is 1. The van der Waals surface area contributed by atoms with Crippen LogP contribution in [0.15, 0.2) is 40.9 Å². The summed E-state index contributed by atoms with van der Waals surface area (Å²) in [6.07, 6.45) is 4.33. The van der Waals surface area contributed by atoms with Crippen LogP contribution in [0.1, 0.15) is 79.2 Å². The Hall–Kier alpha value is -3.30. The lowest BCUT2D eigenvalue weighted by Crippen LogP contribution is -2.47. The molecule has 4 aromatic rings. The molecule has 39 heavy (non-hydrogen) atoms. The van der Waals surface area contributed by atoms with Gasteiger partial charge < -0.3 is 19.6 Å². The molecule has 1 aromatic carbocycles. The predicted octanol–water partition coefficient (Wildman–Crippen LogP) is 6.31. The van der Waals surface area contributed by atoms with E-state index in [2.05, 4.69) is 33.2 Å². The topological polar surface area (TPSA) is 113 Å². The third-order valence-electron chi connectivity index (χ3n) is 8.65. The number of thiophene rings is 1. The summed E-state index contributed by atoms with van der Waals surface area (Å²) in [5.41, 5.74) is 3.58. The molecule has 0 bridgehead atoms. The van der Waals surface area contributed by atoms with Crippen LogP contribution in [0.5, 0.6) is 5.75 Å². The van der Waals surface area contributed by atoms with Crippen molar-refractivity contribution in [3.63, 3.8) is 0 Å². The molecule has 0 radical (unpaired) electrons. The van der Waals surface area contributed by atoms with E-state index in [4.69, 9.17) is 4.52 Å². The molecule has 9 heteroatoms. The van der Waals surface area contributed by atoms with Crippen LogP contribution >= 0.6 is 11.3 Å². The Labute approximate surface area is 231 Å². The summed E-state index contributed by atoms with van der Waals surface area (Å²) in [4.78, 5) is 16.6. The molecule has 204 valence electrons. The smallest absolute Gasteiger partial charge is 0.314 e. The normalized spacial score (nSPS) is 21.3. The first kappa shape index (κ1) is 26.0. The lowest BCUT2D eigenvalue weighted by Gasteiger charge is -2.45. The van der Waals surface area contributed by atoms with Gasteiger partial charge in [-0.25, -0.2) is 0 Å². The molecule has 1 atom stereocenters. The first-order valence-electron chi connectivity index (χ1n) is 13.8. The minimum atomic E-state index is -0.862. The van der Waals surface area contributed by atoms with E-state index < -0.39 is 11.9 Å². The minimum Gasteiger partial charge on any atom is -0.507 e. The van der Waals surface area contributed by atoms with Crippen LogP contribution in [0.4, 0.5) is 0 Å². The third-order valence-corrected chi connectivity index (χ3v) is 10.0. The monoisotopic (exact) mass is 546 g/mol. The number of aliphatic carboxylic acids is 1. The first-order chi connectivity index (χ1) is 18.8. The van der Waals surface area contributed by atoms with Gasteiger partial charge in [-0.1, -0.05) is 31.1 Å². The van der Waals surface area contributed by atoms with Gasteiger partial charge in [0.15, 0.2) is 5.76 Å². The van der Waals surface area contributed by atoms with Crippen molar-refractivity contribution in [3.05, 3.63) is 58.3 Å². The summed E-state index contributed by atoms with van der Waals surface area (Å²) in [5.74, 6) is -0.0164. The maximum atomic E-state index is 11.6. The highest BCUT2D eigenvalue weighted by atomic mass is 32.1. The number of carbonyl (C=O) groups is 1. The zero-order valence-electron chi connectivity index (χ0n) is 22.5. The van der Waals surface area contributed by atoms with Gasteiger partial charge in [-0.3, -0.25) is 4.79 Å². The number of aromatic nitrogens is 3. The van der Waals surface area contributed by atoms with Crippen molar-refractivity contribution in [3.8, 4) is 17.0 Å². The van der Waals surface area contributed by atoms with Gasteiger partial charge in [0.05, 0.1) is 11.4 Å². The van der Waals surface area contributed by atoms with Crippen LogP contribution in [-0.4, -0.2) is 55.6 Å². The van der Waals surface area contributed by atoms with E-state index in [0.29, 0.717) is 34.9 Å². The number of para-hydroxylation sites is 1. The second-order valence-corrected chi connectivity index (χ2v) is 12.4. The van der Waals surface area contributed by atoms with E-state index in [9.17, 15) is 15.0 Å². The van der Waals surface area contributed by atoms with Crippen molar-refractivity contribution in [2.45, 2.75) is 70.3 Å². The molecule has 1 saturated heterocycles. The average molecular weight is 547 g/mol. The molecule has 2 N–H and O–H groups in total. The van der Waals surface area contributed by atoms with Gasteiger partial charge in [0.1, 0.15) is 16.5 Å². The molecule has 1 saturated carbocycles. The third kappa shape index (κ3) is 4.82. The highest BCUT2D eigenvalue weighted by Gasteiger charge is 2.39. The highest BCUT2D eigenvalue weighted by Crippen LogP contribution is 2.44. The predicted molar refractivity (Wildman–Crippen MR) is 150 cm³/mol. The number of nitrogens with zero attached hydrogens (tertiary/aromatic N) is 4. The van der Waals surface area contributed by atoms with Gasteiger partial charge in [-0.2, -0.15) is 0 Å². The van der Waals surface area contributed by atoms with Gasteiger partial charge in [0.25, 0.3) is 0 Å². The number of rotatable bonds is 7. The van der Waals surface area contributed by atoms with Gasteiger partial charge in [-0.05, 0) is 81.3 Å². The van der Waals surface area contributed by atoms with Crippen LogP contribution in [0.25, 0.3) is 21.5 Å². The van der Waals surface area contributed by atoms with E-state index in [-0.39, 0.29) is 11.7 Å². The van der Waals surface area contributed by atoms with E-state index in [1.54, 1.807) is 17.4 Å². The number of benzene rings is 1. The summed E-state index contributed by atoms with van der Waals surface area (Å²) < 4.78 is 5.46. The van der Waals surface area contributed by atoms with Crippen molar-refractivity contribution in [1.82, 2.24) is 20.3 Å². The zero-order chi connectivity index (χ0) is 27.3. The van der Waals surface area contributed by atoms with Crippen LogP contribution in [0.3, 0.4) is 0 Å². The number of carboxylic acid groups (broad SMARTS) is 1. The number of aromatic hydroxyl groups is 1. The minimum absolute atomic E-state index is 0.0466. The molecule has 8 nitrogen and oxygen atoms in total. The zero-order valence-corrected chi connectivity index (χ0v) is 23.3. The van der Waals surface area contributed by atoms with Crippen LogP contribution in [0, 0.1) is 12.8 Å². The molecule has 4 heterocycles. The maximum Gasteiger partial charge on any atom is 0.314 e. The summed E-state index contributed by atoms with van der Waals surface area (Å²) in [6, 6.07) is 11.7. The second-order valence-electron chi connectivity index (χ2n) is 11.4. The van der Waals surface area contributed by atoms with Gasteiger partial charge >= 0.3 is 5.97 Å². The van der Waals surface area contributed by atoms with Crippen LogP contribution in [-0.2, 0) is 4.79 Å². The Bertz CT molecular complexity index is 1500. The molecule has 1 aliphatic heterocycles. The quantitative estimate of drug-likeness (QED) is 0.277. The molecule has 0 spiro atoms. The van der Waals surface area contributed by atoms with Gasteiger partial charge in [0, 0.05) is 33.9 Å². The summed E-state index contributed by atoms with van der Waals surface area (Å²) in [7, 11) is 0. The summed E-state index contributed by atoms with van der Waals surface area (Å²) in [5, 5.41) is 34.1. The Kier molecular flexibility index (Phi) is 6.89. The molecule has 3 aromatic heterocycles. The molecule has 6 rings (SSSR count). The Balaban J connectivity index is 1.08. The molecule has 2 fully saturated rings. The number of phenols is 1. The van der Waals surface area contributed by atoms with Crippen LogP contribution < -0.4 is 0 Å². The summed E-state index contributed by atoms with van der Waals surface area (Å²) in [6.45, 7) is 8.12. The van der Waals surface area contributed by atoms with Crippen molar-refractivity contribution >= 4 is 27.5 Å². The Morgan fingerprint density at radius 3 is 2.54 bits per heavy atom. The molecule has 0 amide bonds. The number of hydrogen-bond donors (Lipinski definition) is 2. The number of piperidine rings is 1. The lowest BCUT2D eigenvalue weighted by atomic mass is 9.76. The lowest BCUT2D eigenvalue weighted by molar-refractivity contribution is -0.140.